The van der Waals surface area contributed by atoms with Gasteiger partial charge in [-0.25, -0.2) is 4.98 Å². The number of hydrogen-bond acceptors (Lipinski definition) is 5. The Morgan fingerprint density at radius 1 is 1.35 bits per heavy atom. The first kappa shape index (κ1) is 19.7. The van der Waals surface area contributed by atoms with Gasteiger partial charge in [-0.2, -0.15) is 0 Å². The van der Waals surface area contributed by atoms with Crippen molar-refractivity contribution in [2.75, 3.05) is 26.8 Å². The summed E-state index contributed by atoms with van der Waals surface area (Å²) in [5.41, 5.74) is 1.95. The number of aryl methyl sites for hydroxylation is 1. The summed E-state index contributed by atoms with van der Waals surface area (Å²) in [5.74, 6) is 0.691. The molecule has 0 fully saturated rings. The molecule has 0 spiro atoms. The van der Waals surface area contributed by atoms with Crippen LogP contribution in [0.25, 0.3) is 11.4 Å². The number of likely N-dealkylation sites (N-methyl/N-ethyl adjacent to an activating group) is 1. The van der Waals surface area contributed by atoms with E-state index in [-0.39, 0.29) is 24.6 Å². The van der Waals surface area contributed by atoms with Crippen LogP contribution in [0.4, 0.5) is 0 Å². The van der Waals surface area contributed by atoms with Crippen molar-refractivity contribution in [2.24, 2.45) is 0 Å². The van der Waals surface area contributed by atoms with Crippen LogP contribution in [0.2, 0.25) is 0 Å². The first-order chi connectivity index (χ1) is 12.4. The van der Waals surface area contributed by atoms with Crippen LogP contribution in [0.3, 0.4) is 0 Å². The van der Waals surface area contributed by atoms with E-state index < -0.39 is 0 Å². The summed E-state index contributed by atoms with van der Waals surface area (Å²) in [6.07, 6.45) is 0.830. The monoisotopic (exact) mass is 359 g/mol. The predicted molar refractivity (Wildman–Crippen MR) is 99.6 cm³/mol. The minimum atomic E-state index is -0.228. The average molecular weight is 359 g/mol. The highest BCUT2D eigenvalue weighted by Crippen LogP contribution is 2.29. The van der Waals surface area contributed by atoms with Crippen molar-refractivity contribution in [3.05, 3.63) is 45.4 Å². The number of amides is 1. The number of ether oxygens (including phenoxy) is 1. The minimum Gasteiger partial charge on any atom is -0.493 e. The van der Waals surface area contributed by atoms with Crippen LogP contribution in [0.1, 0.15) is 35.0 Å². The molecule has 26 heavy (non-hydrogen) atoms. The van der Waals surface area contributed by atoms with Crippen LogP contribution in [0.15, 0.2) is 23.0 Å². The average Bonchev–Trinajstić information content (AvgIpc) is 2.63. The van der Waals surface area contributed by atoms with Crippen LogP contribution in [0.5, 0.6) is 5.75 Å². The maximum Gasteiger partial charge on any atom is 0.254 e. The molecule has 2 N–H and O–H groups in total. The maximum atomic E-state index is 12.5. The normalized spacial score (nSPS) is 10.7. The molecule has 0 atom stereocenters. The highest BCUT2D eigenvalue weighted by Gasteiger charge is 2.17. The molecule has 1 aromatic carbocycles. The number of carbonyl (C=O) groups excluding carboxylic acids is 1. The lowest BCUT2D eigenvalue weighted by Gasteiger charge is -2.17. The highest BCUT2D eigenvalue weighted by molar-refractivity contribution is 5.95. The summed E-state index contributed by atoms with van der Waals surface area (Å²) < 4.78 is 5.77. The Kier molecular flexibility index (Phi) is 6.52. The Labute approximate surface area is 152 Å². The fraction of sp³-hybridized carbons (Fsp3) is 0.421. The molecule has 0 bridgehead atoms. The lowest BCUT2D eigenvalue weighted by atomic mass is 10.1. The Balaban J connectivity index is 2.54. The van der Waals surface area contributed by atoms with Crippen molar-refractivity contribution in [3.63, 3.8) is 0 Å². The number of aliphatic hydroxyl groups excluding tert-OH is 1. The van der Waals surface area contributed by atoms with E-state index in [1.807, 2.05) is 6.92 Å². The Bertz CT molecular complexity index is 845. The van der Waals surface area contributed by atoms with Crippen LogP contribution in [-0.4, -0.2) is 52.7 Å². The Morgan fingerprint density at radius 2 is 2.08 bits per heavy atom. The molecular weight excluding hydrogens is 334 g/mol. The summed E-state index contributed by atoms with van der Waals surface area (Å²) in [4.78, 5) is 33.3. The SMILES string of the molecule is CCCOc1ccc(C(=O)N(C)CCO)cc1-c1nc(C)c(C)c(=O)[nH]1. The van der Waals surface area contributed by atoms with Gasteiger partial charge in [0.1, 0.15) is 11.6 Å². The molecule has 0 aliphatic rings. The van der Waals surface area contributed by atoms with Crippen LogP contribution in [-0.2, 0) is 0 Å². The summed E-state index contributed by atoms with van der Waals surface area (Å²) in [6, 6.07) is 5.04. The third-order valence-corrected chi connectivity index (χ3v) is 4.12. The summed E-state index contributed by atoms with van der Waals surface area (Å²) in [5, 5.41) is 9.03. The first-order valence-electron chi connectivity index (χ1n) is 8.60. The number of H-pyrrole nitrogens is 1. The standard InChI is InChI=1S/C19H25N3O4/c1-5-10-26-16-7-6-14(19(25)22(4)8-9-23)11-15(16)17-20-13(3)12(2)18(24)21-17/h6-7,11,23H,5,8-10H2,1-4H3,(H,20,21,24). The fourth-order valence-electron chi connectivity index (χ4n) is 2.43. The maximum absolute atomic E-state index is 12.5. The molecule has 0 saturated heterocycles. The summed E-state index contributed by atoms with van der Waals surface area (Å²) in [6.45, 7) is 6.12. The van der Waals surface area contributed by atoms with E-state index in [2.05, 4.69) is 9.97 Å². The molecule has 7 heteroatoms. The van der Waals surface area contributed by atoms with E-state index in [9.17, 15) is 9.59 Å². The fourth-order valence-corrected chi connectivity index (χ4v) is 2.43. The van der Waals surface area contributed by atoms with Crippen molar-refractivity contribution < 1.29 is 14.6 Å². The molecule has 2 aromatic rings. The van der Waals surface area contributed by atoms with Crippen molar-refractivity contribution in [2.45, 2.75) is 27.2 Å². The van der Waals surface area contributed by atoms with Gasteiger partial charge in [-0.15, -0.1) is 0 Å². The van der Waals surface area contributed by atoms with Gasteiger partial charge < -0.3 is 19.7 Å². The molecule has 0 aliphatic heterocycles. The largest absolute Gasteiger partial charge is 0.493 e. The van der Waals surface area contributed by atoms with Gasteiger partial charge in [0.15, 0.2) is 0 Å². The zero-order valence-corrected chi connectivity index (χ0v) is 15.6. The summed E-state index contributed by atoms with van der Waals surface area (Å²) in [7, 11) is 1.62. The van der Waals surface area contributed by atoms with Gasteiger partial charge in [0.05, 0.1) is 18.8 Å². The smallest absolute Gasteiger partial charge is 0.254 e. The van der Waals surface area contributed by atoms with Gasteiger partial charge in [0, 0.05) is 30.4 Å². The molecular formula is C19H25N3O4. The highest BCUT2D eigenvalue weighted by atomic mass is 16.5. The Morgan fingerprint density at radius 3 is 2.69 bits per heavy atom. The molecule has 0 unspecified atom stereocenters. The van der Waals surface area contributed by atoms with E-state index in [0.29, 0.717) is 40.6 Å². The molecule has 0 radical (unpaired) electrons. The van der Waals surface area contributed by atoms with Gasteiger partial charge in [0.25, 0.3) is 11.5 Å². The molecule has 7 nitrogen and oxygen atoms in total. The van der Waals surface area contributed by atoms with E-state index >= 15 is 0 Å². The Hall–Kier alpha value is -2.67. The lowest BCUT2D eigenvalue weighted by Crippen LogP contribution is -2.29. The van der Waals surface area contributed by atoms with E-state index in [4.69, 9.17) is 9.84 Å². The molecule has 1 heterocycles. The topological polar surface area (TPSA) is 95.5 Å². The number of nitrogens with zero attached hydrogens (tertiary/aromatic N) is 2. The molecule has 1 amide bonds. The number of aromatic amines is 1. The first-order valence-corrected chi connectivity index (χ1v) is 8.60. The van der Waals surface area contributed by atoms with E-state index in [1.54, 1.807) is 39.1 Å². The minimum absolute atomic E-state index is 0.112. The van der Waals surface area contributed by atoms with E-state index in [1.165, 1.54) is 4.90 Å². The molecule has 0 saturated carbocycles. The number of nitrogens with one attached hydrogen (secondary N) is 1. The molecule has 0 aliphatic carbocycles. The zero-order chi connectivity index (χ0) is 19.3. The van der Waals surface area contributed by atoms with Crippen molar-refractivity contribution in [1.29, 1.82) is 0 Å². The van der Waals surface area contributed by atoms with E-state index in [0.717, 1.165) is 6.42 Å². The molecule has 1 aromatic heterocycles. The second-order valence-corrected chi connectivity index (χ2v) is 6.13. The third-order valence-electron chi connectivity index (χ3n) is 4.12. The number of hydrogen-bond donors (Lipinski definition) is 2. The van der Waals surface area contributed by atoms with Crippen LogP contribution in [0, 0.1) is 13.8 Å². The number of carbonyl (C=O) groups is 1. The quantitative estimate of drug-likeness (QED) is 0.787. The number of aliphatic hydroxyl groups is 1. The van der Waals surface area contributed by atoms with Gasteiger partial charge in [0.2, 0.25) is 0 Å². The number of rotatable bonds is 7. The van der Waals surface area contributed by atoms with Crippen LogP contribution >= 0.6 is 0 Å². The predicted octanol–water partition coefficient (Wildman–Crippen LogP) is 1.91. The van der Waals surface area contributed by atoms with Crippen LogP contribution < -0.4 is 10.3 Å². The third kappa shape index (κ3) is 4.29. The van der Waals surface area contributed by atoms with Gasteiger partial charge in [-0.3, -0.25) is 9.59 Å². The number of benzene rings is 1. The molecule has 140 valence electrons. The van der Waals surface area contributed by atoms with Crippen molar-refractivity contribution in [3.8, 4) is 17.1 Å². The van der Waals surface area contributed by atoms with Crippen molar-refractivity contribution >= 4 is 5.91 Å². The van der Waals surface area contributed by atoms with Gasteiger partial charge in [-0.05, 0) is 38.5 Å². The van der Waals surface area contributed by atoms with Crippen molar-refractivity contribution in [1.82, 2.24) is 14.9 Å². The van der Waals surface area contributed by atoms with Gasteiger partial charge >= 0.3 is 0 Å². The summed E-state index contributed by atoms with van der Waals surface area (Å²) >= 11 is 0. The zero-order valence-electron chi connectivity index (χ0n) is 15.6. The van der Waals surface area contributed by atoms with Gasteiger partial charge in [-0.1, -0.05) is 6.92 Å². The number of aromatic nitrogens is 2. The molecule has 2 rings (SSSR count). The lowest BCUT2D eigenvalue weighted by molar-refractivity contribution is 0.0767. The second-order valence-electron chi connectivity index (χ2n) is 6.13. The second kappa shape index (κ2) is 8.62.